The van der Waals surface area contributed by atoms with E-state index in [1.165, 1.54) is 6.07 Å². The minimum Gasteiger partial charge on any atom is -0.508 e. The van der Waals surface area contributed by atoms with Crippen LogP contribution in [0, 0.1) is 16.0 Å². The van der Waals surface area contributed by atoms with Crippen molar-refractivity contribution in [1.29, 1.82) is 0 Å². The van der Waals surface area contributed by atoms with Crippen LogP contribution in [-0.4, -0.2) is 59.7 Å². The molecule has 5 rings (SSSR count). The van der Waals surface area contributed by atoms with Crippen LogP contribution in [0.1, 0.15) is 49.7 Å². The second-order valence-corrected chi connectivity index (χ2v) is 11.5. The summed E-state index contributed by atoms with van der Waals surface area (Å²) in [6.07, 6.45) is 0.854. The third-order valence-electron chi connectivity index (χ3n) is 8.68. The lowest BCUT2D eigenvalue weighted by Gasteiger charge is -2.36. The predicted octanol–water partition coefficient (Wildman–Crippen LogP) is 6.72. The van der Waals surface area contributed by atoms with Crippen molar-refractivity contribution < 1.29 is 32.7 Å². The molecular weight excluding hydrogens is 563 g/mol. The number of hydrogen-bond acceptors (Lipinski definition) is 6. The van der Waals surface area contributed by atoms with Crippen LogP contribution >= 0.6 is 0 Å². The van der Waals surface area contributed by atoms with Gasteiger partial charge in [0.25, 0.3) is 5.69 Å². The van der Waals surface area contributed by atoms with E-state index in [0.29, 0.717) is 37.4 Å². The Morgan fingerprint density at radius 3 is 2.35 bits per heavy atom. The first-order chi connectivity index (χ1) is 20.6. The van der Waals surface area contributed by atoms with Gasteiger partial charge in [-0.1, -0.05) is 24.6 Å². The lowest BCUT2D eigenvalue weighted by molar-refractivity contribution is -0.388. The second kappa shape index (κ2) is 13.2. The second-order valence-electron chi connectivity index (χ2n) is 11.5. The Balaban J connectivity index is 0.999. The van der Waals surface area contributed by atoms with Crippen molar-refractivity contribution in [1.82, 2.24) is 4.90 Å². The molecule has 1 saturated carbocycles. The molecule has 0 radical (unpaired) electrons. The molecule has 1 amide bonds. The highest BCUT2D eigenvalue weighted by Gasteiger charge is 2.38. The first-order valence-corrected chi connectivity index (χ1v) is 14.8. The topological polar surface area (TPSA) is 96.1 Å². The largest absolute Gasteiger partial charge is 0.508 e. The minimum atomic E-state index is -4.77. The van der Waals surface area contributed by atoms with E-state index in [4.69, 9.17) is 4.74 Å². The number of phenolic OH excluding ortho intramolecular Hbond substituents is 1. The van der Waals surface area contributed by atoms with Crippen LogP contribution in [0.25, 0.3) is 10.8 Å². The zero-order valence-corrected chi connectivity index (χ0v) is 23.9. The number of halogens is 3. The van der Waals surface area contributed by atoms with Crippen LogP contribution in [-0.2, 0) is 22.1 Å². The lowest BCUT2D eigenvalue weighted by atomic mass is 9.84. The minimum absolute atomic E-state index is 0.00270. The van der Waals surface area contributed by atoms with E-state index < -0.39 is 22.4 Å². The fourth-order valence-electron chi connectivity index (χ4n) is 6.22. The molecule has 1 aliphatic carbocycles. The van der Waals surface area contributed by atoms with E-state index in [1.807, 2.05) is 23.1 Å². The number of carbonyl (C=O) groups is 1. The van der Waals surface area contributed by atoms with Crippen molar-refractivity contribution in [3.63, 3.8) is 0 Å². The summed E-state index contributed by atoms with van der Waals surface area (Å²) in [5.41, 5.74) is -0.569. The van der Waals surface area contributed by atoms with E-state index in [-0.39, 0.29) is 24.4 Å². The summed E-state index contributed by atoms with van der Waals surface area (Å²) in [5.74, 6) is 0.690. The van der Waals surface area contributed by atoms with Crippen LogP contribution in [0.15, 0.2) is 54.6 Å². The van der Waals surface area contributed by atoms with Crippen molar-refractivity contribution in [2.24, 2.45) is 5.92 Å². The molecule has 1 saturated heterocycles. The zero-order valence-electron chi connectivity index (χ0n) is 23.9. The molecule has 230 valence electrons. The van der Waals surface area contributed by atoms with Gasteiger partial charge in [0.15, 0.2) is 0 Å². The Labute approximate surface area is 248 Å². The number of amides is 1. The number of nitro groups is 1. The highest BCUT2D eigenvalue weighted by molar-refractivity contribution is 5.87. The fraction of sp³-hybridized carbons (Fsp3) is 0.469. The van der Waals surface area contributed by atoms with E-state index in [9.17, 15) is 33.2 Å². The number of alkyl halides is 3. The van der Waals surface area contributed by atoms with Crippen LogP contribution in [0.2, 0.25) is 0 Å². The Kier molecular flexibility index (Phi) is 9.39. The van der Waals surface area contributed by atoms with Gasteiger partial charge in [-0.2, -0.15) is 13.2 Å². The van der Waals surface area contributed by atoms with Gasteiger partial charge in [-0.15, -0.1) is 0 Å². The first kappa shape index (κ1) is 30.6. The number of anilines is 1. The number of nitrogens with zero attached hydrogens (tertiary/aromatic N) is 3. The van der Waals surface area contributed by atoms with Gasteiger partial charge < -0.3 is 19.6 Å². The van der Waals surface area contributed by atoms with Gasteiger partial charge in [0.1, 0.15) is 17.9 Å². The SMILES string of the molecule is O=C(COC1CCC(CCCc2ccc([N+](=O)[O-])c(C(F)(F)F)c2)CC1)N1CCN(c2ccc3cc(O)ccc3c2)CC1. The molecule has 3 aromatic carbocycles. The van der Waals surface area contributed by atoms with Crippen molar-refractivity contribution in [2.75, 3.05) is 37.7 Å². The molecule has 2 fully saturated rings. The van der Waals surface area contributed by atoms with E-state index >= 15 is 0 Å². The Hall–Kier alpha value is -3.86. The maximum Gasteiger partial charge on any atom is 0.423 e. The molecule has 0 unspecified atom stereocenters. The summed E-state index contributed by atoms with van der Waals surface area (Å²) in [5, 5.41) is 22.7. The number of aromatic hydroxyl groups is 1. The Morgan fingerprint density at radius 1 is 0.953 bits per heavy atom. The summed E-state index contributed by atoms with van der Waals surface area (Å²) >= 11 is 0. The number of rotatable bonds is 9. The third-order valence-corrected chi connectivity index (χ3v) is 8.68. The van der Waals surface area contributed by atoms with Gasteiger partial charge in [0, 0.05) is 37.9 Å². The molecule has 0 atom stereocenters. The zero-order chi connectivity index (χ0) is 30.6. The van der Waals surface area contributed by atoms with E-state index in [1.54, 1.807) is 12.1 Å². The molecule has 1 aliphatic heterocycles. The van der Waals surface area contributed by atoms with Crippen molar-refractivity contribution in [2.45, 2.75) is 57.2 Å². The standard InChI is InChI=1S/C32H36F3N3O5/c33-32(34,35)29-18-23(6-13-30(29)38(41)42)3-1-2-22-4-11-28(12-5-22)43-21-31(40)37-16-14-36(15-17-37)26-9-7-25-20-27(39)10-8-24(25)19-26/h6-10,13,18-20,22,28,39H,1-5,11-12,14-17,21H2. The van der Waals surface area contributed by atoms with E-state index in [0.717, 1.165) is 73.8 Å². The molecule has 8 nitrogen and oxygen atoms in total. The number of hydrogen-bond donors (Lipinski definition) is 1. The van der Waals surface area contributed by atoms with Crippen molar-refractivity contribution >= 4 is 28.1 Å². The van der Waals surface area contributed by atoms with Crippen LogP contribution in [0.5, 0.6) is 5.75 Å². The molecule has 3 aromatic rings. The smallest absolute Gasteiger partial charge is 0.423 e. The number of benzene rings is 3. The average molecular weight is 600 g/mol. The molecule has 0 aromatic heterocycles. The number of fused-ring (bicyclic) bond motifs is 1. The van der Waals surface area contributed by atoms with Crippen LogP contribution < -0.4 is 4.90 Å². The van der Waals surface area contributed by atoms with E-state index in [2.05, 4.69) is 11.0 Å². The number of ether oxygens (including phenoxy) is 1. The molecule has 1 heterocycles. The molecular formula is C32H36F3N3O5. The summed E-state index contributed by atoms with van der Waals surface area (Å²) < 4.78 is 45.7. The number of nitro benzene ring substituents is 1. The fourth-order valence-corrected chi connectivity index (χ4v) is 6.22. The Morgan fingerprint density at radius 2 is 1.65 bits per heavy atom. The Bertz CT molecular complexity index is 1450. The molecule has 2 aliphatic rings. The van der Waals surface area contributed by atoms with Gasteiger partial charge in [0.05, 0.1) is 11.0 Å². The van der Waals surface area contributed by atoms with Crippen molar-refractivity contribution in [3.05, 3.63) is 75.8 Å². The highest BCUT2D eigenvalue weighted by Crippen LogP contribution is 2.37. The number of phenols is 1. The highest BCUT2D eigenvalue weighted by atomic mass is 19.4. The molecule has 1 N–H and O–H groups in total. The lowest BCUT2D eigenvalue weighted by Crippen LogP contribution is -2.50. The molecule has 43 heavy (non-hydrogen) atoms. The van der Waals surface area contributed by atoms with Crippen LogP contribution in [0.4, 0.5) is 24.5 Å². The van der Waals surface area contributed by atoms with Gasteiger partial charge in [-0.05, 0) is 91.1 Å². The number of aryl methyl sites for hydroxylation is 1. The molecule has 11 heteroatoms. The van der Waals surface area contributed by atoms with Gasteiger partial charge in [0.2, 0.25) is 5.91 Å². The van der Waals surface area contributed by atoms with Gasteiger partial charge >= 0.3 is 6.18 Å². The van der Waals surface area contributed by atoms with Gasteiger partial charge in [-0.25, -0.2) is 0 Å². The molecule has 0 spiro atoms. The summed E-state index contributed by atoms with van der Waals surface area (Å²) in [6, 6.07) is 14.7. The van der Waals surface area contributed by atoms with Crippen molar-refractivity contribution in [3.8, 4) is 5.75 Å². The normalized spacial score (nSPS) is 19.5. The first-order valence-electron chi connectivity index (χ1n) is 14.8. The summed E-state index contributed by atoms with van der Waals surface area (Å²) in [4.78, 5) is 26.9. The number of carbonyl (C=O) groups excluding carboxylic acids is 1. The summed E-state index contributed by atoms with van der Waals surface area (Å²) in [6.45, 7) is 2.79. The molecule has 0 bridgehead atoms. The monoisotopic (exact) mass is 599 g/mol. The predicted molar refractivity (Wildman–Crippen MR) is 157 cm³/mol. The quantitative estimate of drug-likeness (QED) is 0.217. The maximum atomic E-state index is 13.2. The third kappa shape index (κ3) is 7.76. The average Bonchev–Trinajstić information content (AvgIpc) is 2.99. The number of piperazine rings is 1. The summed E-state index contributed by atoms with van der Waals surface area (Å²) in [7, 11) is 0. The van der Waals surface area contributed by atoms with Gasteiger partial charge in [-0.3, -0.25) is 14.9 Å². The maximum absolute atomic E-state index is 13.2. The van der Waals surface area contributed by atoms with Crippen LogP contribution in [0.3, 0.4) is 0 Å².